The summed E-state index contributed by atoms with van der Waals surface area (Å²) in [5.41, 5.74) is 0.197. The topological polar surface area (TPSA) is 110 Å². The SMILES string of the molecule is CC1=C(C(=O)O)C(c2c(Cl)cccc2Cl)C(C(=O)O)=C(CC(=O)N2CCN(C3CCCC3)CC2)N1. The van der Waals surface area contributed by atoms with E-state index in [4.69, 9.17) is 23.2 Å². The summed E-state index contributed by atoms with van der Waals surface area (Å²) in [5, 5.41) is 23.3. The summed E-state index contributed by atoms with van der Waals surface area (Å²) < 4.78 is 0. The number of halogens is 2. The predicted molar refractivity (Wildman–Crippen MR) is 132 cm³/mol. The summed E-state index contributed by atoms with van der Waals surface area (Å²) in [6.07, 6.45) is 4.73. The van der Waals surface area contributed by atoms with E-state index in [0.717, 1.165) is 13.1 Å². The van der Waals surface area contributed by atoms with Gasteiger partial charge in [-0.15, -0.1) is 0 Å². The highest BCUT2D eigenvalue weighted by Crippen LogP contribution is 2.44. The molecule has 0 radical (unpaired) electrons. The van der Waals surface area contributed by atoms with E-state index in [1.807, 2.05) is 0 Å². The van der Waals surface area contributed by atoms with Crippen LogP contribution >= 0.6 is 23.2 Å². The molecule has 1 atom stereocenters. The van der Waals surface area contributed by atoms with Crippen LogP contribution in [0.1, 0.15) is 50.5 Å². The van der Waals surface area contributed by atoms with Crippen LogP contribution in [-0.4, -0.2) is 70.1 Å². The quantitative estimate of drug-likeness (QED) is 0.521. The summed E-state index contributed by atoms with van der Waals surface area (Å²) >= 11 is 12.8. The molecule has 1 aromatic carbocycles. The first kappa shape index (κ1) is 25.5. The fraction of sp³-hybridized carbons (Fsp3) is 0.480. The molecule has 188 valence electrons. The summed E-state index contributed by atoms with van der Waals surface area (Å²) in [4.78, 5) is 42.1. The number of carboxylic acids is 2. The van der Waals surface area contributed by atoms with Gasteiger partial charge in [-0.2, -0.15) is 0 Å². The highest BCUT2D eigenvalue weighted by molar-refractivity contribution is 6.36. The van der Waals surface area contributed by atoms with Gasteiger partial charge in [0.2, 0.25) is 5.91 Å². The first-order valence-corrected chi connectivity index (χ1v) is 12.6. The minimum atomic E-state index is -1.33. The van der Waals surface area contributed by atoms with Crippen LogP contribution in [0.4, 0.5) is 0 Å². The van der Waals surface area contributed by atoms with E-state index in [9.17, 15) is 24.6 Å². The van der Waals surface area contributed by atoms with E-state index in [0.29, 0.717) is 19.1 Å². The standard InChI is InChI=1S/C25H29Cl2N3O5/c1-14-20(24(32)33)23(21-16(26)7-4-8-17(21)27)22(25(34)35)18(28-14)13-19(31)30-11-9-29(10-12-30)15-5-2-3-6-15/h4,7-8,15,23,28H,2-3,5-6,9-13H2,1H3,(H,32,33)(H,34,35). The van der Waals surface area contributed by atoms with Gasteiger partial charge in [0.15, 0.2) is 0 Å². The smallest absolute Gasteiger partial charge is 0.334 e. The maximum absolute atomic E-state index is 13.2. The zero-order valence-electron chi connectivity index (χ0n) is 19.5. The lowest BCUT2D eigenvalue weighted by Crippen LogP contribution is -2.51. The Kier molecular flexibility index (Phi) is 7.73. The second-order valence-electron chi connectivity index (χ2n) is 9.27. The zero-order valence-corrected chi connectivity index (χ0v) is 21.0. The number of piperazine rings is 1. The second kappa shape index (κ2) is 10.6. The fourth-order valence-electron chi connectivity index (χ4n) is 5.52. The van der Waals surface area contributed by atoms with Gasteiger partial charge >= 0.3 is 11.9 Å². The van der Waals surface area contributed by atoms with Crippen molar-refractivity contribution >= 4 is 41.0 Å². The third-order valence-electron chi connectivity index (χ3n) is 7.23. The first-order chi connectivity index (χ1) is 16.7. The number of carbonyl (C=O) groups is 3. The maximum Gasteiger partial charge on any atom is 0.334 e. The van der Waals surface area contributed by atoms with Crippen LogP contribution in [-0.2, 0) is 14.4 Å². The highest BCUT2D eigenvalue weighted by atomic mass is 35.5. The minimum Gasteiger partial charge on any atom is -0.478 e. The molecule has 8 nitrogen and oxygen atoms in total. The molecule has 3 N–H and O–H groups in total. The van der Waals surface area contributed by atoms with Crippen LogP contribution in [0.25, 0.3) is 0 Å². The molecule has 2 fully saturated rings. The van der Waals surface area contributed by atoms with Gasteiger partial charge in [0.1, 0.15) is 0 Å². The molecule has 2 aliphatic heterocycles. The van der Waals surface area contributed by atoms with Crippen LogP contribution in [0.15, 0.2) is 40.7 Å². The molecular weight excluding hydrogens is 493 g/mol. The van der Waals surface area contributed by atoms with Crippen molar-refractivity contribution < 1.29 is 24.6 Å². The van der Waals surface area contributed by atoms with Crippen molar-refractivity contribution in [2.24, 2.45) is 0 Å². The molecule has 1 amide bonds. The van der Waals surface area contributed by atoms with Crippen LogP contribution in [0.2, 0.25) is 10.0 Å². The molecule has 3 aliphatic rings. The number of allylic oxidation sites excluding steroid dienone is 1. The summed E-state index contributed by atoms with van der Waals surface area (Å²) in [6, 6.07) is 5.27. The number of amides is 1. The summed E-state index contributed by atoms with van der Waals surface area (Å²) in [6.45, 7) is 4.31. The number of carbonyl (C=O) groups excluding carboxylic acids is 1. The van der Waals surface area contributed by atoms with Gasteiger partial charge in [0.25, 0.3) is 0 Å². The van der Waals surface area contributed by atoms with E-state index in [2.05, 4.69) is 10.2 Å². The molecule has 1 aromatic rings. The van der Waals surface area contributed by atoms with Gasteiger partial charge in [0.05, 0.1) is 23.5 Å². The number of nitrogens with zero attached hydrogens (tertiary/aromatic N) is 2. The Morgan fingerprint density at radius 2 is 1.54 bits per heavy atom. The number of rotatable bonds is 6. The molecule has 2 heterocycles. The molecule has 0 aromatic heterocycles. The molecule has 0 spiro atoms. The average molecular weight is 522 g/mol. The van der Waals surface area contributed by atoms with Gasteiger partial charge in [-0.1, -0.05) is 42.1 Å². The summed E-state index contributed by atoms with van der Waals surface area (Å²) in [7, 11) is 0. The number of hydrogen-bond donors (Lipinski definition) is 3. The minimum absolute atomic E-state index is 0.156. The van der Waals surface area contributed by atoms with Crippen molar-refractivity contribution in [3.63, 3.8) is 0 Å². The largest absolute Gasteiger partial charge is 0.478 e. The van der Waals surface area contributed by atoms with Gasteiger partial charge in [-0.05, 0) is 31.9 Å². The van der Waals surface area contributed by atoms with E-state index in [1.165, 1.54) is 37.8 Å². The molecule has 1 aliphatic carbocycles. The Labute approximate surface area is 214 Å². The van der Waals surface area contributed by atoms with Crippen molar-refractivity contribution in [2.45, 2.75) is 51.0 Å². The van der Waals surface area contributed by atoms with E-state index in [1.54, 1.807) is 17.9 Å². The Bertz CT molecular complexity index is 1080. The van der Waals surface area contributed by atoms with Gasteiger partial charge in [0, 0.05) is 59.2 Å². The summed E-state index contributed by atoms with van der Waals surface area (Å²) in [5.74, 6) is -4.05. The molecule has 1 unspecified atom stereocenters. The van der Waals surface area contributed by atoms with Crippen molar-refractivity contribution in [3.05, 3.63) is 56.3 Å². The number of carboxylic acid groups (broad SMARTS) is 2. The number of hydrogen-bond acceptors (Lipinski definition) is 5. The van der Waals surface area contributed by atoms with Crippen LogP contribution in [0, 0.1) is 0 Å². The lowest BCUT2D eigenvalue weighted by molar-refractivity contribution is -0.133. The van der Waals surface area contributed by atoms with Crippen LogP contribution in [0.3, 0.4) is 0 Å². The van der Waals surface area contributed by atoms with Gasteiger partial charge < -0.3 is 20.4 Å². The predicted octanol–water partition coefficient (Wildman–Crippen LogP) is 3.85. The number of nitrogens with one attached hydrogen (secondary N) is 1. The average Bonchev–Trinajstić information content (AvgIpc) is 3.33. The molecule has 0 bridgehead atoms. The van der Waals surface area contributed by atoms with Crippen LogP contribution < -0.4 is 5.32 Å². The zero-order chi connectivity index (χ0) is 25.3. The molecule has 10 heteroatoms. The Balaban J connectivity index is 1.63. The van der Waals surface area contributed by atoms with E-state index >= 15 is 0 Å². The molecular formula is C25H29Cl2N3O5. The highest BCUT2D eigenvalue weighted by Gasteiger charge is 2.40. The lowest BCUT2D eigenvalue weighted by Gasteiger charge is -2.38. The maximum atomic E-state index is 13.2. The van der Waals surface area contributed by atoms with Gasteiger partial charge in [-0.3, -0.25) is 9.69 Å². The number of dihydropyridines is 1. The monoisotopic (exact) mass is 521 g/mol. The third-order valence-corrected chi connectivity index (χ3v) is 7.89. The fourth-order valence-corrected chi connectivity index (χ4v) is 6.13. The lowest BCUT2D eigenvalue weighted by atomic mass is 9.79. The van der Waals surface area contributed by atoms with Crippen LogP contribution in [0.5, 0.6) is 0 Å². The molecule has 35 heavy (non-hydrogen) atoms. The molecule has 1 saturated carbocycles. The van der Waals surface area contributed by atoms with E-state index in [-0.39, 0.29) is 50.5 Å². The number of benzene rings is 1. The molecule has 4 rings (SSSR count). The van der Waals surface area contributed by atoms with E-state index < -0.39 is 17.9 Å². The normalized spacial score (nSPS) is 21.9. The van der Waals surface area contributed by atoms with Crippen molar-refractivity contribution in [3.8, 4) is 0 Å². The first-order valence-electron chi connectivity index (χ1n) is 11.8. The second-order valence-corrected chi connectivity index (χ2v) is 10.1. The molecule has 1 saturated heterocycles. The van der Waals surface area contributed by atoms with Crippen molar-refractivity contribution in [1.82, 2.24) is 15.1 Å². The van der Waals surface area contributed by atoms with Gasteiger partial charge in [-0.25, -0.2) is 9.59 Å². The Morgan fingerprint density at radius 3 is 2.09 bits per heavy atom. The van der Waals surface area contributed by atoms with Crippen molar-refractivity contribution in [2.75, 3.05) is 26.2 Å². The third kappa shape index (κ3) is 5.20. The Morgan fingerprint density at radius 1 is 0.971 bits per heavy atom. The number of aliphatic carboxylic acids is 2. The Hall–Kier alpha value is -2.55. The van der Waals surface area contributed by atoms with Crippen molar-refractivity contribution in [1.29, 1.82) is 0 Å².